The number of benzene rings is 3. The Hall–Kier alpha value is -4.27. The van der Waals surface area contributed by atoms with E-state index in [2.05, 4.69) is 15.6 Å². The van der Waals surface area contributed by atoms with E-state index in [0.29, 0.717) is 34.3 Å². The molecule has 2 N–H and O–H groups in total. The quantitative estimate of drug-likeness (QED) is 0.225. The van der Waals surface area contributed by atoms with Crippen molar-refractivity contribution in [1.29, 1.82) is 0 Å². The molecule has 1 aliphatic heterocycles. The number of anilines is 1. The van der Waals surface area contributed by atoms with Crippen LogP contribution in [0, 0.1) is 18.6 Å². The summed E-state index contributed by atoms with van der Waals surface area (Å²) in [7, 11) is 0. The fraction of sp³-hybridized carbons (Fsp3) is 0.111. The normalized spacial score (nSPS) is 14.7. The van der Waals surface area contributed by atoms with Crippen LogP contribution in [-0.2, 0) is 11.0 Å². The average molecular weight is 544 g/mol. The highest BCUT2D eigenvalue weighted by atomic mass is 35.5. The van der Waals surface area contributed by atoms with Crippen LogP contribution in [0.1, 0.15) is 44.3 Å². The summed E-state index contributed by atoms with van der Waals surface area (Å²) in [4.78, 5) is 29.5. The molecule has 1 unspecified atom stereocenters. The lowest BCUT2D eigenvalue weighted by molar-refractivity contribution is -0.137. The van der Waals surface area contributed by atoms with Gasteiger partial charge in [-0.15, -0.1) is 0 Å². The lowest BCUT2D eigenvalue weighted by Gasteiger charge is -2.19. The van der Waals surface area contributed by atoms with Gasteiger partial charge in [-0.1, -0.05) is 17.7 Å². The smallest absolute Gasteiger partial charge is 0.364 e. The number of alkyl halides is 3. The number of aromatic nitrogens is 1. The fourth-order valence-electron chi connectivity index (χ4n) is 4.48. The number of hydrogen-bond donors (Lipinski definition) is 2. The zero-order chi connectivity index (χ0) is 27.4. The minimum absolute atomic E-state index is 0.0119. The number of carbonyl (C=O) groups excluding carboxylic acids is 2. The summed E-state index contributed by atoms with van der Waals surface area (Å²) in [6, 6.07) is 9.05. The maximum Gasteiger partial charge on any atom is 0.416 e. The Morgan fingerprint density at radius 1 is 1.05 bits per heavy atom. The van der Waals surface area contributed by atoms with Crippen molar-refractivity contribution in [3.63, 3.8) is 0 Å². The molecule has 0 aliphatic carbocycles. The fourth-order valence-corrected chi connectivity index (χ4v) is 4.71. The highest BCUT2D eigenvalue weighted by molar-refractivity contribution is 6.31. The van der Waals surface area contributed by atoms with Crippen molar-refractivity contribution in [2.75, 3.05) is 5.32 Å². The Morgan fingerprint density at radius 3 is 2.53 bits per heavy atom. The van der Waals surface area contributed by atoms with Crippen molar-refractivity contribution in [2.24, 2.45) is 0 Å². The van der Waals surface area contributed by atoms with E-state index in [4.69, 9.17) is 11.6 Å². The number of nitrogens with zero attached hydrogens (tertiary/aromatic N) is 1. The van der Waals surface area contributed by atoms with Crippen LogP contribution in [0.25, 0.3) is 16.6 Å². The molecule has 0 spiro atoms. The molecule has 0 radical (unpaired) electrons. The molecule has 5 nitrogen and oxygen atoms in total. The van der Waals surface area contributed by atoms with Crippen LogP contribution >= 0.6 is 11.6 Å². The number of aryl methyl sites for hydroxylation is 1. The van der Waals surface area contributed by atoms with Crippen LogP contribution in [0.4, 0.5) is 27.6 Å². The summed E-state index contributed by atoms with van der Waals surface area (Å²) >= 11 is 6.34. The van der Waals surface area contributed by atoms with Gasteiger partial charge in [0.05, 0.1) is 17.1 Å². The lowest BCUT2D eigenvalue weighted by Crippen LogP contribution is -2.18. The van der Waals surface area contributed by atoms with Gasteiger partial charge in [0.1, 0.15) is 17.3 Å². The molecule has 2 heterocycles. The molecule has 5 rings (SSSR count). The molecule has 1 atom stereocenters. The largest absolute Gasteiger partial charge is 0.416 e. The topological polar surface area (TPSA) is 71.1 Å². The lowest BCUT2D eigenvalue weighted by atomic mass is 9.93. The predicted octanol–water partition coefficient (Wildman–Crippen LogP) is 6.61. The van der Waals surface area contributed by atoms with Crippen molar-refractivity contribution in [1.82, 2.24) is 10.3 Å². The molecule has 1 amide bonds. The van der Waals surface area contributed by atoms with E-state index in [0.717, 1.165) is 12.1 Å². The second-order valence-corrected chi connectivity index (χ2v) is 9.04. The Bertz CT molecular complexity index is 1700. The SMILES string of the molecule is Cc1ccc2c3c(c(NC(=O)c4cc(F)cc(C(F)(F)F)c4)cc2n1)C(c1cc(F)ccc1Cl)NC3=C=O. The van der Waals surface area contributed by atoms with Gasteiger partial charge in [0, 0.05) is 44.0 Å². The molecule has 11 heteroatoms. The van der Waals surface area contributed by atoms with E-state index in [1.165, 1.54) is 12.1 Å². The third kappa shape index (κ3) is 4.49. The molecular weight excluding hydrogens is 529 g/mol. The van der Waals surface area contributed by atoms with Crippen molar-refractivity contribution in [3.8, 4) is 0 Å². The number of hydrogen-bond acceptors (Lipinski definition) is 4. The van der Waals surface area contributed by atoms with Crippen LogP contribution in [0.5, 0.6) is 0 Å². The average Bonchev–Trinajstić information content (AvgIpc) is 3.24. The van der Waals surface area contributed by atoms with Gasteiger partial charge >= 0.3 is 6.18 Å². The van der Waals surface area contributed by atoms with Crippen molar-refractivity contribution >= 4 is 45.7 Å². The van der Waals surface area contributed by atoms with Crippen molar-refractivity contribution in [3.05, 3.63) is 105 Å². The van der Waals surface area contributed by atoms with Gasteiger partial charge in [-0.25, -0.2) is 13.6 Å². The van der Waals surface area contributed by atoms with E-state index >= 15 is 0 Å². The van der Waals surface area contributed by atoms with Gasteiger partial charge in [0.2, 0.25) is 0 Å². The second-order valence-electron chi connectivity index (χ2n) is 8.63. The second kappa shape index (κ2) is 9.24. The maximum absolute atomic E-state index is 14.2. The summed E-state index contributed by atoms with van der Waals surface area (Å²) in [6.45, 7) is 1.72. The molecule has 38 heavy (non-hydrogen) atoms. The highest BCUT2D eigenvalue weighted by Gasteiger charge is 2.36. The predicted molar refractivity (Wildman–Crippen MR) is 131 cm³/mol. The molecule has 192 valence electrons. The zero-order valence-corrected chi connectivity index (χ0v) is 20.1. The first-order valence-corrected chi connectivity index (χ1v) is 11.4. The van der Waals surface area contributed by atoms with Crippen LogP contribution < -0.4 is 10.6 Å². The number of pyridine rings is 1. The van der Waals surface area contributed by atoms with E-state index < -0.39 is 40.9 Å². The number of halogens is 6. The van der Waals surface area contributed by atoms with Crippen molar-refractivity contribution in [2.45, 2.75) is 19.1 Å². The van der Waals surface area contributed by atoms with E-state index in [-0.39, 0.29) is 33.6 Å². The molecular formula is C27H15ClF5N3O2. The van der Waals surface area contributed by atoms with Gasteiger partial charge < -0.3 is 10.6 Å². The van der Waals surface area contributed by atoms with Gasteiger partial charge in [0.15, 0.2) is 5.94 Å². The van der Waals surface area contributed by atoms with Gasteiger partial charge in [0.25, 0.3) is 5.91 Å². The van der Waals surface area contributed by atoms with E-state index in [1.807, 2.05) is 5.94 Å². The molecule has 0 fully saturated rings. The number of amides is 1. The highest BCUT2D eigenvalue weighted by Crippen LogP contribution is 2.46. The number of nitrogens with one attached hydrogen (secondary N) is 2. The maximum atomic E-state index is 14.2. The first-order chi connectivity index (χ1) is 18.0. The van der Waals surface area contributed by atoms with E-state index in [9.17, 15) is 31.5 Å². The van der Waals surface area contributed by atoms with Crippen molar-refractivity contribution < 1.29 is 31.5 Å². The first-order valence-electron chi connectivity index (χ1n) is 11.1. The Balaban J connectivity index is 1.72. The van der Waals surface area contributed by atoms with Crippen LogP contribution in [0.3, 0.4) is 0 Å². The molecule has 4 aromatic rings. The molecule has 1 aliphatic rings. The minimum Gasteiger partial charge on any atom is -0.364 e. The summed E-state index contributed by atoms with van der Waals surface area (Å²) < 4.78 is 67.8. The minimum atomic E-state index is -4.88. The Morgan fingerprint density at radius 2 is 1.82 bits per heavy atom. The molecule has 0 saturated heterocycles. The number of rotatable bonds is 3. The number of carbonyl (C=O) groups is 1. The molecule has 0 bridgehead atoms. The van der Waals surface area contributed by atoms with Gasteiger partial charge in [-0.2, -0.15) is 13.2 Å². The third-order valence-electron chi connectivity index (χ3n) is 6.11. The van der Waals surface area contributed by atoms with Gasteiger partial charge in [-0.3, -0.25) is 9.78 Å². The monoisotopic (exact) mass is 543 g/mol. The molecule has 3 aromatic carbocycles. The van der Waals surface area contributed by atoms with E-state index in [1.54, 1.807) is 19.1 Å². The number of fused-ring (bicyclic) bond motifs is 3. The first kappa shape index (κ1) is 25.4. The van der Waals surface area contributed by atoms with Crippen LogP contribution in [0.2, 0.25) is 5.02 Å². The standard InChI is InChI=1S/C27H15ClF5N3O2/c1-12-2-4-17-20(34-12)10-21(36-26(38)13-6-14(27(31,32)33)8-16(30)7-13)24-23(17)22(11-37)35-25(24)18-9-15(29)3-5-19(18)28/h2-10,25,35H,1H3,(H,36,38). The Kier molecular flexibility index (Phi) is 6.17. The summed E-state index contributed by atoms with van der Waals surface area (Å²) in [5, 5.41) is 6.13. The third-order valence-corrected chi connectivity index (χ3v) is 6.45. The summed E-state index contributed by atoms with van der Waals surface area (Å²) in [6.07, 6.45) is -4.88. The molecule has 1 aromatic heterocycles. The van der Waals surface area contributed by atoms with Crippen LogP contribution in [0.15, 0.2) is 54.6 Å². The summed E-state index contributed by atoms with van der Waals surface area (Å²) in [5.74, 6) is -1.10. The zero-order valence-electron chi connectivity index (χ0n) is 19.3. The molecule has 0 saturated carbocycles. The van der Waals surface area contributed by atoms with Gasteiger partial charge in [-0.05, 0) is 55.5 Å². The summed E-state index contributed by atoms with van der Waals surface area (Å²) in [5.41, 5.74) is -0.0777. The van der Waals surface area contributed by atoms with Crippen LogP contribution in [-0.4, -0.2) is 16.8 Å². The Labute approximate surface area is 216 Å².